The standard InChI is InChI=1S/C12H15N3O4S2/c16-20(17)7-5-9(6-8-20)21(18,19)15-12-13-10-3-1-2-4-11(10)14-12/h1-4,9H,5-8H2,(H2,13,14,15). The van der Waals surface area contributed by atoms with Gasteiger partial charge >= 0.3 is 0 Å². The number of anilines is 1. The Hall–Kier alpha value is -1.61. The number of nitrogens with zero attached hydrogens (tertiary/aromatic N) is 1. The number of hydrogen-bond acceptors (Lipinski definition) is 5. The maximum Gasteiger partial charge on any atom is 0.237 e. The van der Waals surface area contributed by atoms with Crippen LogP contribution in [-0.4, -0.2) is 43.6 Å². The summed E-state index contributed by atoms with van der Waals surface area (Å²) < 4.78 is 49.7. The zero-order chi connectivity index (χ0) is 15.1. The number of hydrogen-bond donors (Lipinski definition) is 2. The molecule has 2 N–H and O–H groups in total. The number of nitrogens with one attached hydrogen (secondary N) is 2. The quantitative estimate of drug-likeness (QED) is 0.869. The molecule has 2 heterocycles. The molecule has 1 aromatic carbocycles. The minimum Gasteiger partial charge on any atom is -0.323 e. The molecule has 0 unspecified atom stereocenters. The Balaban J connectivity index is 1.80. The predicted molar refractivity (Wildman–Crippen MR) is 80.3 cm³/mol. The monoisotopic (exact) mass is 329 g/mol. The second kappa shape index (κ2) is 4.99. The first-order valence-corrected chi connectivity index (χ1v) is 9.89. The van der Waals surface area contributed by atoms with E-state index in [1.165, 1.54) is 0 Å². The molecule has 0 atom stereocenters. The van der Waals surface area contributed by atoms with Gasteiger partial charge in [0.05, 0.1) is 27.8 Å². The molecule has 0 spiro atoms. The number of imidazole rings is 1. The third-order valence-electron chi connectivity index (χ3n) is 3.57. The number of para-hydroxylation sites is 2. The highest BCUT2D eigenvalue weighted by atomic mass is 32.2. The third-order valence-corrected chi connectivity index (χ3v) is 7.11. The van der Waals surface area contributed by atoms with E-state index in [1.54, 1.807) is 12.1 Å². The van der Waals surface area contributed by atoms with Gasteiger partial charge in [-0.25, -0.2) is 21.8 Å². The van der Waals surface area contributed by atoms with Crippen LogP contribution in [0.4, 0.5) is 5.95 Å². The second-order valence-corrected chi connectivity index (χ2v) is 9.37. The molecule has 0 amide bonds. The van der Waals surface area contributed by atoms with Crippen molar-refractivity contribution >= 4 is 36.8 Å². The lowest BCUT2D eigenvalue weighted by molar-refractivity contribution is 0.555. The largest absolute Gasteiger partial charge is 0.323 e. The molecule has 0 radical (unpaired) electrons. The van der Waals surface area contributed by atoms with Gasteiger partial charge in [0.2, 0.25) is 16.0 Å². The molecule has 0 bridgehead atoms. The van der Waals surface area contributed by atoms with Crippen molar-refractivity contribution < 1.29 is 16.8 Å². The molecule has 0 saturated carbocycles. The minimum atomic E-state index is -3.64. The van der Waals surface area contributed by atoms with E-state index in [-0.39, 0.29) is 30.3 Å². The average molecular weight is 329 g/mol. The summed E-state index contributed by atoms with van der Waals surface area (Å²) in [6, 6.07) is 7.21. The summed E-state index contributed by atoms with van der Waals surface area (Å²) in [5.41, 5.74) is 1.41. The molecule has 1 aliphatic rings. The molecular weight excluding hydrogens is 314 g/mol. The number of H-pyrrole nitrogens is 1. The van der Waals surface area contributed by atoms with Gasteiger partial charge in [0.25, 0.3) is 0 Å². The fraction of sp³-hybridized carbons (Fsp3) is 0.417. The normalized spacial score (nSPS) is 19.6. The topological polar surface area (TPSA) is 109 Å². The minimum absolute atomic E-state index is 0.0846. The van der Waals surface area contributed by atoms with E-state index in [9.17, 15) is 16.8 Å². The molecule has 1 fully saturated rings. The van der Waals surface area contributed by atoms with Gasteiger partial charge in [0, 0.05) is 0 Å². The Kier molecular flexibility index (Phi) is 3.40. The van der Waals surface area contributed by atoms with Crippen LogP contribution in [0.2, 0.25) is 0 Å². The molecule has 21 heavy (non-hydrogen) atoms. The zero-order valence-corrected chi connectivity index (χ0v) is 12.7. The molecule has 7 nitrogen and oxygen atoms in total. The lowest BCUT2D eigenvalue weighted by Crippen LogP contribution is -2.36. The van der Waals surface area contributed by atoms with E-state index in [0.29, 0.717) is 5.52 Å². The molecule has 9 heteroatoms. The van der Waals surface area contributed by atoms with Crippen LogP contribution >= 0.6 is 0 Å². The van der Waals surface area contributed by atoms with Crippen molar-refractivity contribution in [2.75, 3.05) is 16.2 Å². The second-order valence-electron chi connectivity index (χ2n) is 5.10. The van der Waals surface area contributed by atoms with Crippen LogP contribution in [0.15, 0.2) is 24.3 Å². The lowest BCUT2D eigenvalue weighted by Gasteiger charge is -2.21. The number of sulfonamides is 1. The summed E-state index contributed by atoms with van der Waals surface area (Å²) in [5, 5.41) is -0.700. The van der Waals surface area contributed by atoms with Gasteiger partial charge in [0.1, 0.15) is 9.84 Å². The number of fused-ring (bicyclic) bond motifs is 1. The molecule has 2 aromatic rings. The molecule has 1 saturated heterocycles. The van der Waals surface area contributed by atoms with Gasteiger partial charge in [0.15, 0.2) is 0 Å². The highest BCUT2D eigenvalue weighted by Crippen LogP contribution is 2.22. The van der Waals surface area contributed by atoms with Crippen LogP contribution in [0.3, 0.4) is 0 Å². The lowest BCUT2D eigenvalue weighted by atomic mass is 10.2. The van der Waals surface area contributed by atoms with Crippen LogP contribution < -0.4 is 4.72 Å². The molecule has 3 rings (SSSR count). The summed E-state index contributed by atoms with van der Waals surface area (Å²) in [6.07, 6.45) is 0.246. The smallest absolute Gasteiger partial charge is 0.237 e. The van der Waals surface area contributed by atoms with E-state index >= 15 is 0 Å². The Morgan fingerprint density at radius 3 is 2.52 bits per heavy atom. The summed E-state index contributed by atoms with van der Waals surface area (Å²) in [4.78, 5) is 7.04. The van der Waals surface area contributed by atoms with Crippen LogP contribution in [0, 0.1) is 0 Å². The van der Waals surface area contributed by atoms with Gasteiger partial charge in [-0.3, -0.25) is 4.72 Å². The molecular formula is C12H15N3O4S2. The van der Waals surface area contributed by atoms with Crippen molar-refractivity contribution in [3.05, 3.63) is 24.3 Å². The van der Waals surface area contributed by atoms with Crippen molar-refractivity contribution in [3.8, 4) is 0 Å². The first-order chi connectivity index (χ1) is 9.86. The van der Waals surface area contributed by atoms with Gasteiger partial charge in [-0.15, -0.1) is 0 Å². The maximum absolute atomic E-state index is 12.3. The number of aromatic amines is 1. The Morgan fingerprint density at radius 2 is 1.86 bits per heavy atom. The van der Waals surface area contributed by atoms with Crippen molar-refractivity contribution in [1.82, 2.24) is 9.97 Å². The zero-order valence-electron chi connectivity index (χ0n) is 11.1. The number of aromatic nitrogens is 2. The molecule has 1 aliphatic heterocycles. The highest BCUT2D eigenvalue weighted by Gasteiger charge is 2.33. The first kappa shape index (κ1) is 14.3. The van der Waals surface area contributed by atoms with Gasteiger partial charge < -0.3 is 4.98 Å². The van der Waals surface area contributed by atoms with E-state index in [2.05, 4.69) is 14.7 Å². The van der Waals surface area contributed by atoms with Gasteiger partial charge in [-0.1, -0.05) is 12.1 Å². The summed E-state index contributed by atoms with van der Waals surface area (Å²) in [6.45, 7) is 0. The van der Waals surface area contributed by atoms with Crippen molar-refractivity contribution in [2.24, 2.45) is 0 Å². The number of rotatable bonds is 3. The Morgan fingerprint density at radius 1 is 1.19 bits per heavy atom. The number of sulfone groups is 1. The van der Waals surface area contributed by atoms with Crippen LogP contribution in [0.1, 0.15) is 12.8 Å². The third kappa shape index (κ3) is 3.03. The molecule has 114 valence electrons. The van der Waals surface area contributed by atoms with E-state index in [0.717, 1.165) is 5.52 Å². The van der Waals surface area contributed by atoms with Crippen molar-refractivity contribution in [1.29, 1.82) is 0 Å². The van der Waals surface area contributed by atoms with E-state index in [4.69, 9.17) is 0 Å². The summed E-state index contributed by atoms with van der Waals surface area (Å²) in [7, 11) is -6.73. The molecule has 1 aromatic heterocycles. The van der Waals surface area contributed by atoms with Crippen molar-refractivity contribution in [3.63, 3.8) is 0 Å². The summed E-state index contributed by atoms with van der Waals surface area (Å²) >= 11 is 0. The highest BCUT2D eigenvalue weighted by molar-refractivity contribution is 7.94. The van der Waals surface area contributed by atoms with Crippen LogP contribution in [0.5, 0.6) is 0 Å². The Labute approximate surface area is 122 Å². The fourth-order valence-corrected chi connectivity index (χ4v) is 5.58. The van der Waals surface area contributed by atoms with Crippen LogP contribution in [0.25, 0.3) is 11.0 Å². The van der Waals surface area contributed by atoms with Crippen molar-refractivity contribution in [2.45, 2.75) is 18.1 Å². The van der Waals surface area contributed by atoms with Gasteiger partial charge in [-0.2, -0.15) is 0 Å². The SMILES string of the molecule is O=S1(=O)CCC(S(=O)(=O)Nc2nc3ccccc3[nH]2)CC1. The predicted octanol–water partition coefficient (Wildman–Crippen LogP) is 0.882. The van der Waals surface area contributed by atoms with Crippen LogP contribution in [-0.2, 0) is 19.9 Å². The fourth-order valence-electron chi connectivity index (χ4n) is 2.40. The molecule has 0 aliphatic carbocycles. The first-order valence-electron chi connectivity index (χ1n) is 6.52. The average Bonchev–Trinajstić information content (AvgIpc) is 2.79. The maximum atomic E-state index is 12.3. The number of benzene rings is 1. The van der Waals surface area contributed by atoms with Gasteiger partial charge in [-0.05, 0) is 25.0 Å². The van der Waals surface area contributed by atoms with E-state index < -0.39 is 25.1 Å². The van der Waals surface area contributed by atoms with E-state index in [1.807, 2.05) is 12.1 Å². The summed E-state index contributed by atoms with van der Waals surface area (Å²) in [5.74, 6) is -0.0122. The Bertz CT molecular complexity index is 824.